The molecular weight excluding hydrogens is 428 g/mol. The molecule has 2 aromatic heterocycles. The molecule has 0 N–H and O–H groups in total. The standard InChI is InChI=1S/C19H22N4O3S3/c1-14-12-28-19(22-14)16(10-20)17(24)13-27-18-7-6-15(11-21-18)29(25,26)23-8-4-2-3-5-9-23/h6-7,11-12,16H,2-5,8-9,13H2,1H3. The van der Waals surface area contributed by atoms with Crippen molar-refractivity contribution in [2.45, 2.75) is 48.4 Å². The molecule has 1 aliphatic rings. The number of sulfonamides is 1. The molecule has 2 aromatic rings. The molecule has 0 bridgehead atoms. The van der Waals surface area contributed by atoms with Crippen LogP contribution in [0.25, 0.3) is 0 Å². The Balaban J connectivity index is 1.63. The van der Waals surface area contributed by atoms with Crippen molar-refractivity contribution < 1.29 is 13.2 Å². The third kappa shape index (κ3) is 5.42. The molecule has 0 aromatic carbocycles. The van der Waals surface area contributed by atoms with Gasteiger partial charge in [0.05, 0.1) is 16.8 Å². The summed E-state index contributed by atoms with van der Waals surface area (Å²) < 4.78 is 27.1. The van der Waals surface area contributed by atoms with Crippen molar-refractivity contribution >= 4 is 38.9 Å². The predicted molar refractivity (Wildman–Crippen MR) is 112 cm³/mol. The summed E-state index contributed by atoms with van der Waals surface area (Å²) >= 11 is 2.49. The number of aromatic nitrogens is 2. The third-order valence-electron chi connectivity index (χ3n) is 4.61. The molecule has 154 valence electrons. The summed E-state index contributed by atoms with van der Waals surface area (Å²) in [6.45, 7) is 2.90. The highest BCUT2D eigenvalue weighted by molar-refractivity contribution is 7.99. The van der Waals surface area contributed by atoms with Crippen molar-refractivity contribution in [2.24, 2.45) is 0 Å². The van der Waals surface area contributed by atoms with E-state index in [-0.39, 0.29) is 16.4 Å². The molecule has 1 atom stereocenters. The highest BCUT2D eigenvalue weighted by Gasteiger charge is 2.26. The molecule has 1 aliphatic heterocycles. The third-order valence-corrected chi connectivity index (χ3v) is 8.48. The topological polar surface area (TPSA) is 104 Å². The van der Waals surface area contributed by atoms with Gasteiger partial charge in [0.25, 0.3) is 0 Å². The molecule has 0 spiro atoms. The van der Waals surface area contributed by atoms with Crippen LogP contribution in [-0.4, -0.2) is 47.3 Å². The summed E-state index contributed by atoms with van der Waals surface area (Å²) in [5.41, 5.74) is 0.786. The van der Waals surface area contributed by atoms with Gasteiger partial charge in [0.2, 0.25) is 10.0 Å². The zero-order valence-electron chi connectivity index (χ0n) is 16.1. The number of Topliss-reactive ketones (excluding diaryl/α,β-unsaturated/α-hetero) is 1. The van der Waals surface area contributed by atoms with E-state index in [0.29, 0.717) is 23.1 Å². The van der Waals surface area contributed by atoms with E-state index in [1.807, 2.05) is 18.4 Å². The van der Waals surface area contributed by atoms with Crippen molar-refractivity contribution in [2.75, 3.05) is 18.8 Å². The molecule has 7 nitrogen and oxygen atoms in total. The Morgan fingerprint density at radius 2 is 2.03 bits per heavy atom. The van der Waals surface area contributed by atoms with Gasteiger partial charge in [-0.3, -0.25) is 4.79 Å². The first-order valence-corrected chi connectivity index (χ1v) is 12.7. The fourth-order valence-corrected chi connectivity index (χ4v) is 6.11. The Morgan fingerprint density at radius 1 is 1.31 bits per heavy atom. The van der Waals surface area contributed by atoms with E-state index in [4.69, 9.17) is 0 Å². The highest BCUT2D eigenvalue weighted by Crippen LogP contribution is 2.25. The van der Waals surface area contributed by atoms with Crippen LogP contribution in [0.2, 0.25) is 0 Å². The Kier molecular flexibility index (Phi) is 7.40. The normalized spacial score (nSPS) is 16.7. The van der Waals surface area contributed by atoms with Crippen LogP contribution in [-0.2, 0) is 14.8 Å². The summed E-state index contributed by atoms with van der Waals surface area (Å²) in [6, 6.07) is 5.16. The molecule has 29 heavy (non-hydrogen) atoms. The van der Waals surface area contributed by atoms with Gasteiger partial charge in [0.15, 0.2) is 11.7 Å². The molecule has 1 unspecified atom stereocenters. The van der Waals surface area contributed by atoms with Gasteiger partial charge in [-0.1, -0.05) is 24.6 Å². The first-order chi connectivity index (χ1) is 13.9. The Hall–Kier alpha value is -1.80. The minimum Gasteiger partial charge on any atom is -0.297 e. The van der Waals surface area contributed by atoms with Crippen LogP contribution in [0.3, 0.4) is 0 Å². The Labute approximate surface area is 179 Å². The second-order valence-electron chi connectivity index (χ2n) is 6.79. The van der Waals surface area contributed by atoms with Gasteiger partial charge in [0, 0.05) is 30.4 Å². The maximum Gasteiger partial charge on any atom is 0.244 e. The maximum atomic E-state index is 12.8. The number of carbonyl (C=O) groups excluding carboxylic acids is 1. The molecule has 3 heterocycles. The first-order valence-electron chi connectivity index (χ1n) is 9.35. The number of carbonyl (C=O) groups is 1. The molecule has 10 heteroatoms. The number of hydrogen-bond acceptors (Lipinski definition) is 8. The van der Waals surface area contributed by atoms with Crippen molar-refractivity contribution in [3.05, 3.63) is 34.4 Å². The quantitative estimate of drug-likeness (QED) is 0.596. The number of nitriles is 1. The largest absolute Gasteiger partial charge is 0.297 e. The molecular formula is C19H22N4O3S3. The Morgan fingerprint density at radius 3 is 2.59 bits per heavy atom. The van der Waals surface area contributed by atoms with Crippen LogP contribution < -0.4 is 0 Å². The molecule has 1 fully saturated rings. The van der Waals surface area contributed by atoms with Crippen LogP contribution in [0.1, 0.15) is 42.3 Å². The number of hydrogen-bond donors (Lipinski definition) is 0. The van der Waals surface area contributed by atoms with Gasteiger partial charge in [-0.15, -0.1) is 11.3 Å². The predicted octanol–water partition coefficient (Wildman–Crippen LogP) is 3.38. The number of thiazole rings is 1. The van der Waals surface area contributed by atoms with E-state index in [0.717, 1.165) is 31.4 Å². The van der Waals surface area contributed by atoms with Gasteiger partial charge in [-0.05, 0) is 31.9 Å². The molecule has 0 amide bonds. The number of nitrogens with zero attached hydrogens (tertiary/aromatic N) is 4. The van der Waals surface area contributed by atoms with Crippen molar-refractivity contribution in [1.29, 1.82) is 5.26 Å². The van der Waals surface area contributed by atoms with E-state index in [1.54, 1.807) is 6.07 Å². The fraction of sp³-hybridized carbons (Fsp3) is 0.474. The van der Waals surface area contributed by atoms with Gasteiger partial charge >= 0.3 is 0 Å². The summed E-state index contributed by atoms with van der Waals surface area (Å²) in [6.07, 6.45) is 5.21. The van der Waals surface area contributed by atoms with Gasteiger partial charge in [-0.25, -0.2) is 18.4 Å². The van der Waals surface area contributed by atoms with E-state index >= 15 is 0 Å². The molecule has 0 aliphatic carbocycles. The van der Waals surface area contributed by atoms with E-state index in [9.17, 15) is 18.5 Å². The van der Waals surface area contributed by atoms with Crippen molar-refractivity contribution in [1.82, 2.24) is 14.3 Å². The minimum atomic E-state index is -3.54. The summed E-state index contributed by atoms with van der Waals surface area (Å²) in [7, 11) is -3.54. The van der Waals surface area contributed by atoms with Crippen LogP contribution in [0, 0.1) is 18.3 Å². The monoisotopic (exact) mass is 450 g/mol. The lowest BCUT2D eigenvalue weighted by Gasteiger charge is -2.19. The van der Waals surface area contributed by atoms with Crippen LogP contribution in [0.15, 0.2) is 33.6 Å². The van der Waals surface area contributed by atoms with Gasteiger partial charge in [-0.2, -0.15) is 9.57 Å². The van der Waals surface area contributed by atoms with E-state index < -0.39 is 15.9 Å². The van der Waals surface area contributed by atoms with Gasteiger partial charge in [0.1, 0.15) is 9.90 Å². The van der Waals surface area contributed by atoms with E-state index in [1.165, 1.54) is 39.7 Å². The smallest absolute Gasteiger partial charge is 0.244 e. The lowest BCUT2D eigenvalue weighted by atomic mass is 10.1. The van der Waals surface area contributed by atoms with E-state index in [2.05, 4.69) is 9.97 Å². The second-order valence-corrected chi connectivity index (χ2v) is 10.6. The van der Waals surface area contributed by atoms with Crippen LogP contribution >= 0.6 is 23.1 Å². The number of thioether (sulfide) groups is 1. The SMILES string of the molecule is Cc1csc(C(C#N)C(=O)CSc2ccc(S(=O)(=O)N3CCCCCC3)cn2)n1. The number of aryl methyl sites for hydroxylation is 1. The zero-order valence-corrected chi connectivity index (χ0v) is 18.5. The van der Waals surface area contributed by atoms with Crippen LogP contribution in [0.5, 0.6) is 0 Å². The summed E-state index contributed by atoms with van der Waals surface area (Å²) in [5.74, 6) is -1.05. The molecule has 0 saturated carbocycles. The average Bonchev–Trinajstić information content (AvgIpc) is 2.96. The number of pyridine rings is 1. The maximum absolute atomic E-state index is 12.8. The molecule has 0 radical (unpaired) electrons. The molecule has 1 saturated heterocycles. The number of ketones is 1. The minimum absolute atomic E-state index is 0.0715. The second kappa shape index (κ2) is 9.80. The first kappa shape index (κ1) is 21.9. The summed E-state index contributed by atoms with van der Waals surface area (Å²) in [5, 5.41) is 12.2. The van der Waals surface area contributed by atoms with Crippen LogP contribution in [0.4, 0.5) is 0 Å². The Bertz CT molecular complexity index is 988. The number of rotatable bonds is 7. The average molecular weight is 451 g/mol. The highest BCUT2D eigenvalue weighted by atomic mass is 32.2. The zero-order chi connectivity index (χ0) is 20.9. The van der Waals surface area contributed by atoms with Crippen molar-refractivity contribution in [3.8, 4) is 6.07 Å². The lowest BCUT2D eigenvalue weighted by Crippen LogP contribution is -2.32. The lowest BCUT2D eigenvalue weighted by molar-refractivity contribution is -0.116. The van der Waals surface area contributed by atoms with Crippen molar-refractivity contribution in [3.63, 3.8) is 0 Å². The fourth-order valence-electron chi connectivity index (χ4n) is 3.03. The van der Waals surface area contributed by atoms with Gasteiger partial charge < -0.3 is 0 Å². The summed E-state index contributed by atoms with van der Waals surface area (Å²) in [4.78, 5) is 21.0. The molecule has 3 rings (SSSR count).